The minimum Gasteiger partial charge on any atom is -0.478 e. The van der Waals surface area contributed by atoms with Gasteiger partial charge in [0.1, 0.15) is 11.4 Å². The maximum atomic E-state index is 11.1. The van der Waals surface area contributed by atoms with Gasteiger partial charge < -0.3 is 9.84 Å². The summed E-state index contributed by atoms with van der Waals surface area (Å²) >= 11 is 3.09. The Morgan fingerprint density at radius 3 is 2.38 bits per heavy atom. The summed E-state index contributed by atoms with van der Waals surface area (Å²) in [6.07, 6.45) is 0. The summed E-state index contributed by atoms with van der Waals surface area (Å²) in [6, 6.07) is 6.19. The number of carboxylic acids is 1. The lowest BCUT2D eigenvalue weighted by Crippen LogP contribution is -2.13. The van der Waals surface area contributed by atoms with E-state index in [2.05, 4.69) is 15.9 Å². The Kier molecular flexibility index (Phi) is 4.49. The first-order chi connectivity index (χ1) is 7.50. The van der Waals surface area contributed by atoms with Gasteiger partial charge in [-0.05, 0) is 24.6 Å². The molecule has 4 nitrogen and oxygen atoms in total. The molecule has 1 unspecified atom stereocenters. The van der Waals surface area contributed by atoms with E-state index >= 15 is 0 Å². The zero-order valence-electron chi connectivity index (χ0n) is 8.64. The minimum atomic E-state index is -0.974. The van der Waals surface area contributed by atoms with Gasteiger partial charge in [-0.2, -0.15) is 0 Å². The van der Waals surface area contributed by atoms with Gasteiger partial charge in [-0.3, -0.25) is 4.79 Å². The third kappa shape index (κ3) is 3.66. The van der Waals surface area contributed by atoms with Crippen LogP contribution >= 0.6 is 15.9 Å². The zero-order chi connectivity index (χ0) is 12.1. The molecule has 1 N–H and O–H groups in total. The number of carbonyl (C=O) groups excluding carboxylic acids is 1. The van der Waals surface area contributed by atoms with E-state index < -0.39 is 5.97 Å². The number of aromatic carboxylic acids is 1. The molecule has 0 fully saturated rings. The van der Waals surface area contributed by atoms with Gasteiger partial charge in [-0.25, -0.2) is 4.79 Å². The van der Waals surface area contributed by atoms with E-state index in [-0.39, 0.29) is 23.0 Å². The Bertz CT molecular complexity index is 383. The molecule has 86 valence electrons. The molecule has 1 atom stereocenters. The second-order valence-corrected chi connectivity index (χ2v) is 4.60. The van der Waals surface area contributed by atoms with Crippen molar-refractivity contribution in [2.75, 3.05) is 0 Å². The quantitative estimate of drug-likeness (QED) is 0.681. The fourth-order valence-electron chi connectivity index (χ4n) is 1.01. The molecular weight excluding hydrogens is 276 g/mol. The number of benzene rings is 1. The van der Waals surface area contributed by atoms with Crippen LogP contribution in [-0.2, 0) is 16.1 Å². The average molecular weight is 287 g/mol. The standard InChI is InChI=1S/C11H11BrO4/c1-7(12)11(15)16-6-8-2-4-9(5-3-8)10(13)14/h2-5,7H,6H2,1H3,(H,13,14). The van der Waals surface area contributed by atoms with Gasteiger partial charge in [0.25, 0.3) is 0 Å². The van der Waals surface area contributed by atoms with Crippen molar-refractivity contribution in [1.29, 1.82) is 0 Å². The zero-order valence-corrected chi connectivity index (χ0v) is 10.2. The fraction of sp³-hybridized carbons (Fsp3) is 0.273. The van der Waals surface area contributed by atoms with Crippen LogP contribution in [0.2, 0.25) is 0 Å². The maximum Gasteiger partial charge on any atom is 0.335 e. The first kappa shape index (κ1) is 12.7. The van der Waals surface area contributed by atoms with Gasteiger partial charge in [-0.15, -0.1) is 0 Å². The second-order valence-electron chi connectivity index (χ2n) is 3.23. The van der Waals surface area contributed by atoms with E-state index in [9.17, 15) is 9.59 Å². The number of hydrogen-bond donors (Lipinski definition) is 1. The Morgan fingerprint density at radius 1 is 1.38 bits per heavy atom. The van der Waals surface area contributed by atoms with Crippen molar-refractivity contribution in [1.82, 2.24) is 0 Å². The van der Waals surface area contributed by atoms with Gasteiger partial charge in [0.2, 0.25) is 0 Å². The van der Waals surface area contributed by atoms with Crippen LogP contribution in [-0.4, -0.2) is 21.9 Å². The number of rotatable bonds is 4. The fourth-order valence-corrected chi connectivity index (χ4v) is 1.15. The number of carboxylic acid groups (broad SMARTS) is 1. The highest BCUT2D eigenvalue weighted by molar-refractivity contribution is 9.10. The number of halogens is 1. The van der Waals surface area contributed by atoms with Crippen molar-refractivity contribution in [3.05, 3.63) is 35.4 Å². The normalized spacial score (nSPS) is 11.9. The molecule has 0 amide bonds. The van der Waals surface area contributed by atoms with Crippen molar-refractivity contribution < 1.29 is 19.4 Å². The number of carbonyl (C=O) groups is 2. The SMILES string of the molecule is CC(Br)C(=O)OCc1ccc(C(=O)O)cc1. The molecule has 1 aromatic rings. The van der Waals surface area contributed by atoms with E-state index in [0.29, 0.717) is 0 Å². The number of ether oxygens (including phenoxy) is 1. The van der Waals surface area contributed by atoms with Crippen LogP contribution < -0.4 is 0 Å². The van der Waals surface area contributed by atoms with Gasteiger partial charge in [0.15, 0.2) is 0 Å². The molecule has 0 radical (unpaired) electrons. The van der Waals surface area contributed by atoms with Crippen molar-refractivity contribution in [2.45, 2.75) is 18.4 Å². The Balaban J connectivity index is 2.56. The maximum absolute atomic E-state index is 11.1. The first-order valence-corrected chi connectivity index (χ1v) is 5.55. The molecule has 0 aromatic heterocycles. The molecule has 0 saturated heterocycles. The van der Waals surface area contributed by atoms with E-state index in [0.717, 1.165) is 5.56 Å². The molecule has 0 bridgehead atoms. The highest BCUT2D eigenvalue weighted by Gasteiger charge is 2.10. The first-order valence-electron chi connectivity index (χ1n) is 4.63. The van der Waals surface area contributed by atoms with Crippen LogP contribution in [0.25, 0.3) is 0 Å². The summed E-state index contributed by atoms with van der Waals surface area (Å²) in [4.78, 5) is 21.4. The molecule has 0 saturated carbocycles. The van der Waals surface area contributed by atoms with Gasteiger partial charge >= 0.3 is 11.9 Å². The van der Waals surface area contributed by atoms with Crippen LogP contribution in [0.15, 0.2) is 24.3 Å². The van der Waals surface area contributed by atoms with Gasteiger partial charge in [0.05, 0.1) is 5.56 Å². The molecule has 16 heavy (non-hydrogen) atoms. The molecule has 1 rings (SSSR count). The lowest BCUT2D eigenvalue weighted by atomic mass is 10.1. The van der Waals surface area contributed by atoms with Crippen LogP contribution in [0, 0.1) is 0 Å². The topological polar surface area (TPSA) is 63.6 Å². The molecule has 0 aliphatic carbocycles. The third-order valence-corrected chi connectivity index (χ3v) is 2.28. The van der Waals surface area contributed by atoms with Crippen molar-refractivity contribution in [2.24, 2.45) is 0 Å². The average Bonchev–Trinajstić information content (AvgIpc) is 2.26. The predicted molar refractivity (Wildman–Crippen MR) is 61.6 cm³/mol. The highest BCUT2D eigenvalue weighted by atomic mass is 79.9. The van der Waals surface area contributed by atoms with Crippen molar-refractivity contribution in [3.8, 4) is 0 Å². The molecule has 0 aliphatic rings. The molecule has 1 aromatic carbocycles. The molecule has 0 heterocycles. The Morgan fingerprint density at radius 2 is 1.94 bits per heavy atom. The number of hydrogen-bond acceptors (Lipinski definition) is 3. The van der Waals surface area contributed by atoms with E-state index in [1.54, 1.807) is 19.1 Å². The van der Waals surface area contributed by atoms with Gasteiger partial charge in [0, 0.05) is 0 Å². The Labute approximate surface area is 101 Å². The summed E-state index contributed by atoms with van der Waals surface area (Å²) in [6.45, 7) is 1.82. The van der Waals surface area contributed by atoms with E-state index in [4.69, 9.17) is 9.84 Å². The molecule has 0 spiro atoms. The van der Waals surface area contributed by atoms with E-state index in [1.807, 2.05) is 0 Å². The van der Waals surface area contributed by atoms with Crippen LogP contribution in [0.3, 0.4) is 0 Å². The van der Waals surface area contributed by atoms with Crippen LogP contribution in [0.4, 0.5) is 0 Å². The number of alkyl halides is 1. The summed E-state index contributed by atoms with van der Waals surface area (Å²) in [5.41, 5.74) is 0.968. The number of esters is 1. The van der Waals surface area contributed by atoms with Crippen molar-refractivity contribution in [3.63, 3.8) is 0 Å². The third-order valence-electron chi connectivity index (χ3n) is 1.91. The Hall–Kier alpha value is -1.36. The predicted octanol–water partition coefficient (Wildman–Crippen LogP) is 2.21. The van der Waals surface area contributed by atoms with Crippen LogP contribution in [0.1, 0.15) is 22.8 Å². The monoisotopic (exact) mass is 286 g/mol. The van der Waals surface area contributed by atoms with E-state index in [1.165, 1.54) is 12.1 Å². The highest BCUT2D eigenvalue weighted by Crippen LogP contribution is 2.08. The molecular formula is C11H11BrO4. The summed E-state index contributed by atoms with van der Waals surface area (Å²) in [5.74, 6) is -1.32. The molecule has 5 heteroatoms. The summed E-state index contributed by atoms with van der Waals surface area (Å²) < 4.78 is 4.96. The minimum absolute atomic E-state index is 0.147. The largest absolute Gasteiger partial charge is 0.478 e. The summed E-state index contributed by atoms with van der Waals surface area (Å²) in [7, 11) is 0. The lowest BCUT2D eigenvalue weighted by molar-refractivity contribution is -0.143. The lowest BCUT2D eigenvalue weighted by Gasteiger charge is -2.06. The molecule has 0 aliphatic heterocycles. The van der Waals surface area contributed by atoms with Crippen LogP contribution in [0.5, 0.6) is 0 Å². The van der Waals surface area contributed by atoms with Gasteiger partial charge in [-0.1, -0.05) is 28.1 Å². The smallest absolute Gasteiger partial charge is 0.335 e. The summed E-state index contributed by atoms with van der Waals surface area (Å²) in [5, 5.41) is 8.68. The second kappa shape index (κ2) is 5.65. The van der Waals surface area contributed by atoms with Crippen molar-refractivity contribution >= 4 is 27.9 Å².